The van der Waals surface area contributed by atoms with Gasteiger partial charge in [-0.15, -0.1) is 0 Å². The summed E-state index contributed by atoms with van der Waals surface area (Å²) in [5, 5.41) is 8.43. The molecule has 0 fully saturated rings. The Morgan fingerprint density at radius 1 is 1.25 bits per heavy atom. The van der Waals surface area contributed by atoms with E-state index in [-0.39, 0.29) is 5.97 Å². The Morgan fingerprint density at radius 2 is 1.80 bits per heavy atom. The second kappa shape index (κ2) is 9.78. The first-order valence-electron chi connectivity index (χ1n) is 6.51. The highest BCUT2D eigenvalue weighted by atomic mass is 16.5. The van der Waals surface area contributed by atoms with Gasteiger partial charge in [-0.3, -0.25) is 4.79 Å². The SMILES string of the molecule is CC(C)c1ccc(C=CC(=O)O)cc1.CCOC(C)=O. The molecular formula is C16H22O4. The van der Waals surface area contributed by atoms with Crippen LogP contribution in [0.3, 0.4) is 0 Å². The van der Waals surface area contributed by atoms with Gasteiger partial charge in [-0.1, -0.05) is 38.1 Å². The minimum atomic E-state index is -0.919. The third kappa shape index (κ3) is 8.91. The fraction of sp³-hybridized carbons (Fsp3) is 0.375. The van der Waals surface area contributed by atoms with E-state index in [1.807, 2.05) is 24.3 Å². The predicted octanol–water partition coefficient (Wildman–Crippen LogP) is 3.48. The maximum absolute atomic E-state index is 10.3. The summed E-state index contributed by atoms with van der Waals surface area (Å²) in [7, 11) is 0. The van der Waals surface area contributed by atoms with Crippen LogP contribution in [0.4, 0.5) is 0 Å². The lowest BCUT2D eigenvalue weighted by molar-refractivity contribution is -0.140. The van der Waals surface area contributed by atoms with Crippen LogP contribution in [0.5, 0.6) is 0 Å². The molecule has 4 heteroatoms. The van der Waals surface area contributed by atoms with Crippen molar-refractivity contribution in [2.75, 3.05) is 6.61 Å². The van der Waals surface area contributed by atoms with E-state index in [1.165, 1.54) is 12.5 Å². The van der Waals surface area contributed by atoms with Crippen LogP contribution in [-0.2, 0) is 14.3 Å². The lowest BCUT2D eigenvalue weighted by Crippen LogP contribution is -1.95. The van der Waals surface area contributed by atoms with E-state index in [2.05, 4.69) is 18.6 Å². The number of carbonyl (C=O) groups excluding carboxylic acids is 1. The molecule has 4 nitrogen and oxygen atoms in total. The van der Waals surface area contributed by atoms with Crippen LogP contribution in [0.15, 0.2) is 30.3 Å². The minimum absolute atomic E-state index is 0.211. The van der Waals surface area contributed by atoms with Gasteiger partial charge in [-0.25, -0.2) is 4.79 Å². The Labute approximate surface area is 120 Å². The molecule has 110 valence electrons. The summed E-state index contributed by atoms with van der Waals surface area (Å²) >= 11 is 0. The van der Waals surface area contributed by atoms with Gasteiger partial charge in [-0.05, 0) is 30.0 Å². The molecule has 0 aliphatic heterocycles. The molecule has 0 aliphatic rings. The Bertz CT molecular complexity index is 444. The molecule has 1 rings (SSSR count). The number of carbonyl (C=O) groups is 2. The number of rotatable bonds is 4. The van der Waals surface area contributed by atoms with Gasteiger partial charge in [0.15, 0.2) is 0 Å². The molecule has 0 bridgehead atoms. The fourth-order valence-corrected chi connectivity index (χ4v) is 1.36. The van der Waals surface area contributed by atoms with Crippen LogP contribution in [0.2, 0.25) is 0 Å². The van der Waals surface area contributed by atoms with Crippen LogP contribution in [0.1, 0.15) is 44.7 Å². The monoisotopic (exact) mass is 278 g/mol. The molecule has 0 spiro atoms. The molecule has 1 N–H and O–H groups in total. The number of hydrogen-bond donors (Lipinski definition) is 1. The molecule has 20 heavy (non-hydrogen) atoms. The first kappa shape index (κ1) is 17.9. The minimum Gasteiger partial charge on any atom is -0.478 e. The maximum Gasteiger partial charge on any atom is 0.328 e. The Kier molecular flexibility index (Phi) is 8.75. The molecular weight excluding hydrogens is 256 g/mol. The Balaban J connectivity index is 0.000000511. The zero-order valence-electron chi connectivity index (χ0n) is 12.4. The van der Waals surface area contributed by atoms with Crippen molar-refractivity contribution in [1.29, 1.82) is 0 Å². The average Bonchev–Trinajstić information content (AvgIpc) is 2.37. The highest BCUT2D eigenvalue weighted by Gasteiger charge is 1.97. The average molecular weight is 278 g/mol. The van der Waals surface area contributed by atoms with Gasteiger partial charge in [0.05, 0.1) is 6.61 Å². The largest absolute Gasteiger partial charge is 0.478 e. The van der Waals surface area contributed by atoms with Gasteiger partial charge in [0.1, 0.15) is 0 Å². The molecule has 0 heterocycles. The van der Waals surface area contributed by atoms with E-state index < -0.39 is 5.97 Å². The van der Waals surface area contributed by atoms with Gasteiger partial charge in [0.25, 0.3) is 0 Å². The van der Waals surface area contributed by atoms with E-state index in [0.717, 1.165) is 11.6 Å². The third-order valence-corrected chi connectivity index (χ3v) is 2.37. The lowest BCUT2D eigenvalue weighted by Gasteiger charge is -2.04. The predicted molar refractivity (Wildman–Crippen MR) is 79.5 cm³/mol. The fourth-order valence-electron chi connectivity index (χ4n) is 1.36. The smallest absolute Gasteiger partial charge is 0.328 e. The van der Waals surface area contributed by atoms with Crippen molar-refractivity contribution in [2.45, 2.75) is 33.6 Å². The molecule has 0 amide bonds. The van der Waals surface area contributed by atoms with Crippen LogP contribution in [0.25, 0.3) is 6.08 Å². The van der Waals surface area contributed by atoms with Crippen molar-refractivity contribution >= 4 is 18.0 Å². The van der Waals surface area contributed by atoms with E-state index in [4.69, 9.17) is 5.11 Å². The number of carboxylic acids is 1. The van der Waals surface area contributed by atoms with Crippen LogP contribution in [-0.4, -0.2) is 23.7 Å². The Morgan fingerprint density at radius 3 is 2.10 bits per heavy atom. The summed E-state index contributed by atoms with van der Waals surface area (Å²) in [6, 6.07) is 7.89. The zero-order valence-corrected chi connectivity index (χ0v) is 12.4. The van der Waals surface area contributed by atoms with Crippen molar-refractivity contribution in [3.05, 3.63) is 41.5 Å². The molecule has 1 aromatic rings. The van der Waals surface area contributed by atoms with Gasteiger partial charge in [0.2, 0.25) is 0 Å². The van der Waals surface area contributed by atoms with E-state index in [9.17, 15) is 9.59 Å². The molecule has 0 saturated heterocycles. The number of aliphatic carboxylic acids is 1. The number of ether oxygens (including phenoxy) is 1. The first-order chi connectivity index (χ1) is 9.36. The summed E-state index contributed by atoms with van der Waals surface area (Å²) in [5.74, 6) is -0.622. The van der Waals surface area contributed by atoms with E-state index in [1.54, 1.807) is 13.0 Å². The standard InChI is InChI=1S/C12H14O2.C4H8O2/c1-9(2)11-6-3-10(4-7-11)5-8-12(13)14;1-3-6-4(2)5/h3-9H,1-2H3,(H,13,14);3H2,1-2H3. The number of benzene rings is 1. The highest BCUT2D eigenvalue weighted by Crippen LogP contribution is 2.15. The van der Waals surface area contributed by atoms with Gasteiger partial charge in [-0.2, -0.15) is 0 Å². The summed E-state index contributed by atoms with van der Waals surface area (Å²) in [5.41, 5.74) is 2.18. The number of hydrogen-bond acceptors (Lipinski definition) is 3. The zero-order chi connectivity index (χ0) is 15.5. The van der Waals surface area contributed by atoms with E-state index in [0.29, 0.717) is 12.5 Å². The normalized spacial score (nSPS) is 10.1. The number of carboxylic acid groups (broad SMARTS) is 1. The molecule has 0 atom stereocenters. The molecule has 0 aromatic heterocycles. The Hall–Kier alpha value is -2.10. The van der Waals surface area contributed by atoms with Crippen molar-refractivity contribution in [3.63, 3.8) is 0 Å². The van der Waals surface area contributed by atoms with Crippen LogP contribution < -0.4 is 0 Å². The first-order valence-corrected chi connectivity index (χ1v) is 6.51. The lowest BCUT2D eigenvalue weighted by atomic mass is 10.0. The van der Waals surface area contributed by atoms with Crippen molar-refractivity contribution < 1.29 is 19.4 Å². The van der Waals surface area contributed by atoms with Gasteiger partial charge < -0.3 is 9.84 Å². The van der Waals surface area contributed by atoms with Crippen LogP contribution >= 0.6 is 0 Å². The third-order valence-electron chi connectivity index (χ3n) is 2.37. The van der Waals surface area contributed by atoms with Crippen molar-refractivity contribution in [2.24, 2.45) is 0 Å². The second-order valence-corrected chi connectivity index (χ2v) is 4.42. The topological polar surface area (TPSA) is 63.6 Å². The van der Waals surface area contributed by atoms with Crippen molar-refractivity contribution in [3.8, 4) is 0 Å². The molecule has 0 radical (unpaired) electrons. The number of esters is 1. The van der Waals surface area contributed by atoms with Gasteiger partial charge in [0, 0.05) is 13.0 Å². The second-order valence-electron chi connectivity index (χ2n) is 4.42. The maximum atomic E-state index is 10.3. The van der Waals surface area contributed by atoms with Gasteiger partial charge >= 0.3 is 11.9 Å². The highest BCUT2D eigenvalue weighted by molar-refractivity contribution is 5.85. The quantitative estimate of drug-likeness (QED) is 0.676. The summed E-state index contributed by atoms with van der Waals surface area (Å²) in [6.07, 6.45) is 2.73. The summed E-state index contributed by atoms with van der Waals surface area (Å²) in [6.45, 7) is 7.91. The molecule has 1 aromatic carbocycles. The van der Waals surface area contributed by atoms with Crippen LogP contribution in [0, 0.1) is 0 Å². The molecule has 0 unspecified atom stereocenters. The van der Waals surface area contributed by atoms with E-state index >= 15 is 0 Å². The summed E-state index contributed by atoms with van der Waals surface area (Å²) in [4.78, 5) is 20.1. The summed E-state index contributed by atoms with van der Waals surface area (Å²) < 4.78 is 4.40. The van der Waals surface area contributed by atoms with Crippen molar-refractivity contribution in [1.82, 2.24) is 0 Å². The molecule has 0 aliphatic carbocycles. The molecule has 0 saturated carbocycles.